The number of hydrazine groups is 1. The SMILES string of the molecule is CC1(C)CC(NN(CC(=O)O)c2ncncn2)CC(C)(C)N1. The first-order chi connectivity index (χ1) is 10.2. The van der Waals surface area contributed by atoms with Gasteiger partial charge in [0.1, 0.15) is 19.2 Å². The van der Waals surface area contributed by atoms with Crippen LogP contribution in [0.4, 0.5) is 5.95 Å². The minimum absolute atomic E-state index is 0.0343. The van der Waals surface area contributed by atoms with Gasteiger partial charge in [0.25, 0.3) is 0 Å². The first-order valence-corrected chi connectivity index (χ1v) is 7.34. The number of nitrogens with one attached hydrogen (secondary N) is 2. The van der Waals surface area contributed by atoms with Gasteiger partial charge >= 0.3 is 5.97 Å². The van der Waals surface area contributed by atoms with Crippen molar-refractivity contribution < 1.29 is 9.90 Å². The number of carboxylic acid groups (broad SMARTS) is 1. The molecule has 3 N–H and O–H groups in total. The van der Waals surface area contributed by atoms with Crippen LogP contribution in [-0.2, 0) is 4.79 Å². The second-order valence-electron chi connectivity index (χ2n) is 7.05. The van der Waals surface area contributed by atoms with Crippen LogP contribution in [0.25, 0.3) is 0 Å². The van der Waals surface area contributed by atoms with Gasteiger partial charge in [0.05, 0.1) is 0 Å². The zero-order valence-corrected chi connectivity index (χ0v) is 13.5. The molecule has 0 aliphatic carbocycles. The highest BCUT2D eigenvalue weighted by molar-refractivity contribution is 5.72. The number of carbonyl (C=O) groups is 1. The molecule has 1 aliphatic rings. The van der Waals surface area contributed by atoms with Crippen molar-refractivity contribution >= 4 is 11.9 Å². The fourth-order valence-electron chi connectivity index (χ4n) is 3.32. The number of aromatic nitrogens is 3. The van der Waals surface area contributed by atoms with Crippen LogP contribution in [0, 0.1) is 0 Å². The number of anilines is 1. The molecule has 1 fully saturated rings. The van der Waals surface area contributed by atoms with Gasteiger partial charge < -0.3 is 10.4 Å². The molecule has 0 amide bonds. The predicted molar refractivity (Wildman–Crippen MR) is 82.3 cm³/mol. The molecule has 8 nitrogen and oxygen atoms in total. The molecular formula is C14H24N6O2. The number of aliphatic carboxylic acids is 1. The lowest BCUT2D eigenvalue weighted by molar-refractivity contribution is -0.135. The van der Waals surface area contributed by atoms with E-state index in [9.17, 15) is 4.79 Å². The highest BCUT2D eigenvalue weighted by atomic mass is 16.4. The standard InChI is InChI=1S/C14H24N6O2/c1-13(2)5-10(6-14(3,4)19-13)18-20(7-11(21)22)12-16-8-15-9-17-12/h8-10,18-19H,5-7H2,1-4H3,(H,21,22). The molecular weight excluding hydrogens is 284 g/mol. The van der Waals surface area contributed by atoms with Crippen LogP contribution >= 0.6 is 0 Å². The van der Waals surface area contributed by atoms with Gasteiger partial charge in [-0.2, -0.15) is 0 Å². The minimum Gasteiger partial charge on any atom is -0.480 e. The van der Waals surface area contributed by atoms with Crippen LogP contribution in [0.3, 0.4) is 0 Å². The third-order valence-corrected chi connectivity index (χ3v) is 3.54. The molecule has 1 aliphatic heterocycles. The first kappa shape index (κ1) is 16.6. The minimum atomic E-state index is -0.944. The van der Waals surface area contributed by atoms with Crippen molar-refractivity contribution in [1.29, 1.82) is 0 Å². The summed E-state index contributed by atoms with van der Waals surface area (Å²) in [6.45, 7) is 8.37. The first-order valence-electron chi connectivity index (χ1n) is 7.34. The van der Waals surface area contributed by atoms with Crippen LogP contribution in [0.1, 0.15) is 40.5 Å². The Hall–Kier alpha value is -1.80. The molecule has 0 bridgehead atoms. The number of hydrogen-bond donors (Lipinski definition) is 3. The van der Waals surface area contributed by atoms with Crippen LogP contribution in [0.5, 0.6) is 0 Å². The summed E-state index contributed by atoms with van der Waals surface area (Å²) in [4.78, 5) is 22.9. The molecule has 122 valence electrons. The lowest BCUT2D eigenvalue weighted by atomic mass is 9.80. The number of carboxylic acids is 1. The topological polar surface area (TPSA) is 103 Å². The molecule has 0 unspecified atom stereocenters. The predicted octanol–water partition coefficient (Wildman–Crippen LogP) is 0.576. The Balaban J connectivity index is 2.14. The Morgan fingerprint density at radius 3 is 2.36 bits per heavy atom. The van der Waals surface area contributed by atoms with Gasteiger partial charge in [-0.3, -0.25) is 9.80 Å². The Labute approximate surface area is 130 Å². The molecule has 0 spiro atoms. The highest BCUT2D eigenvalue weighted by Gasteiger charge is 2.38. The number of rotatable bonds is 5. The summed E-state index contributed by atoms with van der Waals surface area (Å²) < 4.78 is 0. The summed E-state index contributed by atoms with van der Waals surface area (Å²) in [6, 6.07) is 0.127. The molecule has 0 atom stereocenters. The van der Waals surface area contributed by atoms with E-state index in [1.54, 1.807) is 0 Å². The van der Waals surface area contributed by atoms with E-state index in [2.05, 4.69) is 53.4 Å². The van der Waals surface area contributed by atoms with Gasteiger partial charge in [0, 0.05) is 17.1 Å². The second kappa shape index (κ2) is 6.13. The molecule has 1 aromatic heterocycles. The summed E-state index contributed by atoms with van der Waals surface area (Å²) >= 11 is 0. The van der Waals surface area contributed by atoms with E-state index in [1.807, 2.05) is 0 Å². The maximum atomic E-state index is 11.1. The Kier molecular flexibility index (Phi) is 4.62. The second-order valence-corrected chi connectivity index (χ2v) is 7.05. The van der Waals surface area contributed by atoms with Crippen LogP contribution in [0.2, 0.25) is 0 Å². The number of hydrogen-bond acceptors (Lipinski definition) is 7. The molecule has 0 aromatic carbocycles. The lowest BCUT2D eigenvalue weighted by Crippen LogP contribution is -2.64. The Morgan fingerprint density at radius 1 is 1.32 bits per heavy atom. The van der Waals surface area contributed by atoms with Crippen molar-refractivity contribution in [3.05, 3.63) is 12.7 Å². The van der Waals surface area contributed by atoms with E-state index in [4.69, 9.17) is 5.11 Å². The van der Waals surface area contributed by atoms with E-state index in [-0.39, 0.29) is 23.7 Å². The van der Waals surface area contributed by atoms with Crippen molar-refractivity contribution in [2.75, 3.05) is 11.6 Å². The van der Waals surface area contributed by atoms with Crippen molar-refractivity contribution in [2.24, 2.45) is 0 Å². The van der Waals surface area contributed by atoms with Crippen molar-refractivity contribution in [2.45, 2.75) is 57.7 Å². The summed E-state index contributed by atoms with van der Waals surface area (Å²) in [5.41, 5.74) is 3.21. The summed E-state index contributed by atoms with van der Waals surface area (Å²) in [5, 5.41) is 14.2. The maximum absolute atomic E-state index is 11.1. The monoisotopic (exact) mass is 308 g/mol. The van der Waals surface area contributed by atoms with Crippen molar-refractivity contribution in [3.63, 3.8) is 0 Å². The van der Waals surface area contributed by atoms with E-state index < -0.39 is 5.97 Å². The Morgan fingerprint density at radius 2 is 1.86 bits per heavy atom. The van der Waals surface area contributed by atoms with Gasteiger partial charge in [0.2, 0.25) is 5.95 Å². The highest BCUT2D eigenvalue weighted by Crippen LogP contribution is 2.28. The third-order valence-electron chi connectivity index (χ3n) is 3.54. The third kappa shape index (κ3) is 4.60. The quantitative estimate of drug-likeness (QED) is 0.679. The van der Waals surface area contributed by atoms with Gasteiger partial charge in [-0.1, -0.05) is 0 Å². The molecule has 22 heavy (non-hydrogen) atoms. The normalized spacial score (nSPS) is 20.5. The zero-order valence-electron chi connectivity index (χ0n) is 13.5. The smallest absolute Gasteiger partial charge is 0.324 e. The summed E-state index contributed by atoms with van der Waals surface area (Å²) in [6.07, 6.45) is 4.46. The molecule has 0 radical (unpaired) electrons. The molecule has 8 heteroatoms. The van der Waals surface area contributed by atoms with E-state index in [1.165, 1.54) is 17.7 Å². The average molecular weight is 308 g/mol. The van der Waals surface area contributed by atoms with Crippen LogP contribution < -0.4 is 15.8 Å². The average Bonchev–Trinajstić information content (AvgIpc) is 2.34. The van der Waals surface area contributed by atoms with E-state index in [0.29, 0.717) is 5.95 Å². The maximum Gasteiger partial charge on any atom is 0.324 e. The molecule has 2 heterocycles. The number of piperidine rings is 1. The Bertz CT molecular complexity index is 503. The van der Waals surface area contributed by atoms with Gasteiger partial charge in [-0.15, -0.1) is 0 Å². The summed E-state index contributed by atoms with van der Waals surface area (Å²) in [7, 11) is 0. The number of nitrogens with zero attached hydrogens (tertiary/aromatic N) is 4. The van der Waals surface area contributed by atoms with Gasteiger partial charge in [-0.25, -0.2) is 20.4 Å². The molecule has 1 aromatic rings. The van der Waals surface area contributed by atoms with E-state index >= 15 is 0 Å². The molecule has 0 saturated carbocycles. The van der Waals surface area contributed by atoms with Gasteiger partial charge in [-0.05, 0) is 40.5 Å². The summed E-state index contributed by atoms with van der Waals surface area (Å²) in [5.74, 6) is -0.632. The lowest BCUT2D eigenvalue weighted by Gasteiger charge is -2.47. The van der Waals surface area contributed by atoms with Crippen LogP contribution in [0.15, 0.2) is 12.7 Å². The van der Waals surface area contributed by atoms with E-state index in [0.717, 1.165) is 12.8 Å². The van der Waals surface area contributed by atoms with Crippen LogP contribution in [-0.4, -0.2) is 49.7 Å². The van der Waals surface area contributed by atoms with Crippen molar-refractivity contribution in [1.82, 2.24) is 25.7 Å². The fraction of sp³-hybridized carbons (Fsp3) is 0.714. The molecule has 2 rings (SSSR count). The molecule has 1 saturated heterocycles. The largest absolute Gasteiger partial charge is 0.480 e. The van der Waals surface area contributed by atoms with Crippen molar-refractivity contribution in [3.8, 4) is 0 Å². The zero-order chi connectivity index (χ0) is 16.4. The van der Waals surface area contributed by atoms with Gasteiger partial charge in [0.15, 0.2) is 0 Å². The fourth-order valence-corrected chi connectivity index (χ4v) is 3.32.